The topological polar surface area (TPSA) is 61.9 Å². The number of morpholine rings is 1. The summed E-state index contributed by atoms with van der Waals surface area (Å²) in [5, 5.41) is 3.39. The molecule has 126 valence electrons. The molecule has 6 nitrogen and oxygen atoms in total. The Morgan fingerprint density at radius 2 is 1.91 bits per heavy atom. The molecule has 0 spiro atoms. The van der Waals surface area contributed by atoms with E-state index in [1.54, 1.807) is 7.05 Å². The van der Waals surface area contributed by atoms with E-state index in [4.69, 9.17) is 4.74 Å². The van der Waals surface area contributed by atoms with Crippen molar-refractivity contribution in [3.8, 4) is 0 Å². The van der Waals surface area contributed by atoms with Crippen molar-refractivity contribution in [1.29, 1.82) is 0 Å². The Labute approximate surface area is 161 Å². The maximum atomic E-state index is 11.7. The van der Waals surface area contributed by atoms with Crippen molar-refractivity contribution >= 4 is 45.3 Å². The van der Waals surface area contributed by atoms with Crippen LogP contribution < -0.4 is 9.62 Å². The molecule has 23 heavy (non-hydrogen) atoms. The molecule has 1 fully saturated rings. The fraction of sp³-hybridized carbons (Fsp3) is 0.600. The first-order valence-corrected chi connectivity index (χ1v) is 9.36. The van der Waals surface area contributed by atoms with Gasteiger partial charge in [-0.1, -0.05) is 18.2 Å². The molecule has 0 aliphatic carbocycles. The standard InChI is InChI=1S/C15H25N3O3S.Na.H/c1-17(22(2,19)20)15-6-4-3-5-14(15)13-16-7-8-18-9-11-21-12-10-18;;/h3-6,16H,7-13H2,1-2H3;;. The Morgan fingerprint density at radius 3 is 2.57 bits per heavy atom. The van der Waals surface area contributed by atoms with E-state index in [1.807, 2.05) is 24.3 Å². The molecule has 1 aromatic carbocycles. The third kappa shape index (κ3) is 6.70. The van der Waals surface area contributed by atoms with Crippen LogP contribution >= 0.6 is 0 Å². The Morgan fingerprint density at radius 1 is 1.26 bits per heavy atom. The Balaban J connectivity index is 0.00000264. The molecule has 1 N–H and O–H groups in total. The van der Waals surface area contributed by atoms with Crippen LogP contribution in [0.25, 0.3) is 0 Å². The summed E-state index contributed by atoms with van der Waals surface area (Å²) in [6, 6.07) is 7.58. The van der Waals surface area contributed by atoms with Crippen LogP contribution in [0.2, 0.25) is 0 Å². The van der Waals surface area contributed by atoms with Gasteiger partial charge in [0.25, 0.3) is 0 Å². The Bertz CT molecular complexity index is 577. The molecular weight excluding hydrogens is 325 g/mol. The van der Waals surface area contributed by atoms with E-state index in [9.17, 15) is 8.42 Å². The summed E-state index contributed by atoms with van der Waals surface area (Å²) in [4.78, 5) is 2.37. The van der Waals surface area contributed by atoms with Gasteiger partial charge in [-0.3, -0.25) is 9.21 Å². The van der Waals surface area contributed by atoms with Crippen molar-refractivity contribution < 1.29 is 13.2 Å². The van der Waals surface area contributed by atoms with Gasteiger partial charge in [-0.25, -0.2) is 8.42 Å². The van der Waals surface area contributed by atoms with Gasteiger partial charge < -0.3 is 10.1 Å². The third-order valence-corrected chi connectivity index (χ3v) is 5.04. The van der Waals surface area contributed by atoms with Gasteiger partial charge in [0.1, 0.15) is 0 Å². The number of hydrogen-bond acceptors (Lipinski definition) is 5. The summed E-state index contributed by atoms with van der Waals surface area (Å²) in [6.45, 7) is 6.08. The summed E-state index contributed by atoms with van der Waals surface area (Å²) in [6.07, 6.45) is 1.22. The number of rotatable bonds is 7. The van der Waals surface area contributed by atoms with Crippen molar-refractivity contribution in [2.24, 2.45) is 0 Å². The number of sulfonamides is 1. The fourth-order valence-corrected chi connectivity index (χ4v) is 2.97. The number of hydrogen-bond donors (Lipinski definition) is 1. The van der Waals surface area contributed by atoms with Gasteiger partial charge in [-0.05, 0) is 11.6 Å². The number of benzene rings is 1. The zero-order chi connectivity index (χ0) is 16.0. The van der Waals surface area contributed by atoms with Crippen LogP contribution in [0.15, 0.2) is 24.3 Å². The fourth-order valence-electron chi connectivity index (χ4n) is 2.43. The van der Waals surface area contributed by atoms with Gasteiger partial charge in [0.15, 0.2) is 0 Å². The second-order valence-electron chi connectivity index (χ2n) is 5.49. The summed E-state index contributed by atoms with van der Waals surface area (Å²) < 4.78 is 30.1. The van der Waals surface area contributed by atoms with Crippen LogP contribution in [0.5, 0.6) is 0 Å². The molecule has 0 unspecified atom stereocenters. The molecule has 0 aromatic heterocycles. The van der Waals surface area contributed by atoms with E-state index in [0.717, 1.165) is 50.6 Å². The summed E-state index contributed by atoms with van der Waals surface area (Å²) in [5.74, 6) is 0. The first kappa shape index (κ1) is 20.9. The van der Waals surface area contributed by atoms with Gasteiger partial charge in [0.05, 0.1) is 25.2 Å². The van der Waals surface area contributed by atoms with Gasteiger partial charge in [-0.15, -0.1) is 0 Å². The van der Waals surface area contributed by atoms with Gasteiger partial charge in [0.2, 0.25) is 10.0 Å². The molecule has 1 saturated heterocycles. The first-order chi connectivity index (χ1) is 10.5. The van der Waals surface area contributed by atoms with Crippen LogP contribution in [0.3, 0.4) is 0 Å². The van der Waals surface area contributed by atoms with Crippen molar-refractivity contribution in [3.05, 3.63) is 29.8 Å². The van der Waals surface area contributed by atoms with Crippen molar-refractivity contribution in [2.45, 2.75) is 6.54 Å². The molecule has 1 aliphatic rings. The molecule has 1 heterocycles. The average molecular weight is 351 g/mol. The van der Waals surface area contributed by atoms with Gasteiger partial charge in [0, 0.05) is 39.8 Å². The maximum absolute atomic E-state index is 11.7. The van der Waals surface area contributed by atoms with Crippen molar-refractivity contribution in [1.82, 2.24) is 10.2 Å². The molecule has 1 aromatic rings. The molecule has 0 amide bonds. The second-order valence-corrected chi connectivity index (χ2v) is 7.50. The van der Waals surface area contributed by atoms with E-state index < -0.39 is 10.0 Å². The minimum atomic E-state index is -3.24. The first-order valence-electron chi connectivity index (χ1n) is 7.51. The van der Waals surface area contributed by atoms with Crippen LogP contribution in [0.4, 0.5) is 5.69 Å². The number of nitrogens with zero attached hydrogens (tertiary/aromatic N) is 2. The van der Waals surface area contributed by atoms with Crippen molar-refractivity contribution in [3.63, 3.8) is 0 Å². The predicted octanol–water partition coefficient (Wildman–Crippen LogP) is -0.144. The Kier molecular flexibility index (Phi) is 9.07. The molecule has 0 bridgehead atoms. The van der Waals surface area contributed by atoms with E-state index in [0.29, 0.717) is 6.54 Å². The number of para-hydroxylation sites is 1. The minimum absolute atomic E-state index is 0. The van der Waals surface area contributed by atoms with E-state index in [2.05, 4.69) is 10.2 Å². The van der Waals surface area contributed by atoms with E-state index >= 15 is 0 Å². The number of nitrogens with one attached hydrogen (secondary N) is 1. The van der Waals surface area contributed by atoms with Crippen LogP contribution in [0, 0.1) is 0 Å². The molecule has 0 saturated carbocycles. The molecule has 0 radical (unpaired) electrons. The molecular formula is C15H26N3NaO3S. The van der Waals surface area contributed by atoms with E-state index in [1.165, 1.54) is 10.6 Å². The van der Waals surface area contributed by atoms with Crippen LogP contribution in [0.1, 0.15) is 5.56 Å². The summed E-state index contributed by atoms with van der Waals surface area (Å²) in [5.41, 5.74) is 1.71. The molecule has 8 heteroatoms. The monoisotopic (exact) mass is 351 g/mol. The molecule has 2 rings (SSSR count). The summed E-state index contributed by atoms with van der Waals surface area (Å²) >= 11 is 0. The summed E-state index contributed by atoms with van der Waals surface area (Å²) in [7, 11) is -1.66. The average Bonchev–Trinajstić information content (AvgIpc) is 2.51. The third-order valence-electron chi connectivity index (χ3n) is 3.85. The molecule has 1 aliphatic heterocycles. The zero-order valence-electron chi connectivity index (χ0n) is 13.3. The second kappa shape index (κ2) is 9.98. The molecule has 0 atom stereocenters. The SMILES string of the molecule is CN(c1ccccc1CNCCN1CCOCC1)S(C)(=O)=O.[NaH]. The zero-order valence-corrected chi connectivity index (χ0v) is 14.1. The van der Waals surface area contributed by atoms with Gasteiger partial charge >= 0.3 is 29.6 Å². The van der Waals surface area contributed by atoms with Crippen LogP contribution in [-0.2, 0) is 21.3 Å². The predicted molar refractivity (Wildman–Crippen MR) is 95.8 cm³/mol. The van der Waals surface area contributed by atoms with Gasteiger partial charge in [-0.2, -0.15) is 0 Å². The van der Waals surface area contributed by atoms with Crippen LogP contribution in [-0.4, -0.2) is 95.6 Å². The quantitative estimate of drug-likeness (QED) is 0.547. The Hall–Kier alpha value is -0.150. The normalized spacial score (nSPS) is 15.9. The van der Waals surface area contributed by atoms with Crippen molar-refractivity contribution in [2.75, 3.05) is 57.0 Å². The number of anilines is 1. The number of ether oxygens (including phenoxy) is 1. The van der Waals surface area contributed by atoms with E-state index in [-0.39, 0.29) is 29.6 Å².